The number of hydrogen-bond acceptors (Lipinski definition) is 7. The van der Waals surface area contributed by atoms with E-state index in [1.54, 1.807) is 0 Å². The van der Waals surface area contributed by atoms with Crippen LogP contribution in [0.3, 0.4) is 0 Å². The van der Waals surface area contributed by atoms with Crippen molar-refractivity contribution >= 4 is 27.7 Å². The second-order valence-electron chi connectivity index (χ2n) is 8.73. The van der Waals surface area contributed by atoms with Crippen LogP contribution in [0.1, 0.15) is 39.2 Å². The first-order valence-corrected chi connectivity index (χ1v) is 14.5. The van der Waals surface area contributed by atoms with E-state index in [1.165, 1.54) is 14.2 Å². The van der Waals surface area contributed by atoms with Crippen molar-refractivity contribution < 1.29 is 32.4 Å². The highest BCUT2D eigenvalue weighted by Crippen LogP contribution is 2.46. The molecule has 170 valence electrons. The molecule has 0 fully saturated rings. The van der Waals surface area contributed by atoms with Crippen LogP contribution in [0.2, 0.25) is 18.1 Å². The Hall–Kier alpha value is -1.31. The van der Waals surface area contributed by atoms with Gasteiger partial charge in [-0.2, -0.15) is 0 Å². The zero-order chi connectivity index (χ0) is 23.0. The molecule has 0 N–H and O–H groups in total. The van der Waals surface area contributed by atoms with Gasteiger partial charge in [-0.3, -0.25) is 14.2 Å². The van der Waals surface area contributed by atoms with Crippen molar-refractivity contribution in [1.29, 1.82) is 0 Å². The van der Waals surface area contributed by atoms with Crippen molar-refractivity contribution in [1.82, 2.24) is 0 Å². The van der Waals surface area contributed by atoms with Gasteiger partial charge in [0.2, 0.25) is 0 Å². The Morgan fingerprint density at radius 3 is 2.10 bits per heavy atom. The molecule has 1 rings (SSSR count). The summed E-state index contributed by atoms with van der Waals surface area (Å²) in [5.74, 6) is -0.793. The summed E-state index contributed by atoms with van der Waals surface area (Å²) < 4.78 is 33.7. The molecule has 0 amide bonds. The van der Waals surface area contributed by atoms with Crippen LogP contribution >= 0.6 is 7.60 Å². The topological polar surface area (TPSA) is 88.1 Å². The lowest BCUT2D eigenvalue weighted by molar-refractivity contribution is -0.147. The van der Waals surface area contributed by atoms with Crippen LogP contribution in [0.5, 0.6) is 0 Å². The first-order valence-electron chi connectivity index (χ1n) is 9.91. The molecule has 0 spiro atoms. The Morgan fingerprint density at radius 2 is 1.60 bits per heavy atom. The third-order valence-corrected chi connectivity index (χ3v) is 11.7. The van der Waals surface area contributed by atoms with Crippen molar-refractivity contribution in [3.63, 3.8) is 0 Å². The largest absolute Gasteiger partial charge is 0.461 e. The van der Waals surface area contributed by atoms with Gasteiger partial charge >= 0.3 is 13.6 Å². The van der Waals surface area contributed by atoms with Gasteiger partial charge in [0.25, 0.3) is 0 Å². The van der Waals surface area contributed by atoms with Crippen LogP contribution in [0.4, 0.5) is 0 Å². The first-order chi connectivity index (χ1) is 13.8. The monoisotopic (exact) mass is 458 g/mol. The SMILES string of the molecule is COP(=O)(CC(=O)CC(CC(=O)OCc1ccccc1)O[Si](C)(C)C(C)(C)C)OC. The summed E-state index contributed by atoms with van der Waals surface area (Å²) in [4.78, 5) is 25.0. The fraction of sp³-hybridized carbons (Fsp3) is 0.619. The molecule has 0 aliphatic rings. The third-order valence-electron chi connectivity index (χ3n) is 5.29. The number of ether oxygens (including phenoxy) is 1. The van der Waals surface area contributed by atoms with Gasteiger partial charge < -0.3 is 18.2 Å². The van der Waals surface area contributed by atoms with Gasteiger partial charge in [0, 0.05) is 20.6 Å². The fourth-order valence-electron chi connectivity index (χ4n) is 2.47. The van der Waals surface area contributed by atoms with Crippen LogP contribution in [-0.4, -0.2) is 46.6 Å². The van der Waals surface area contributed by atoms with Crippen molar-refractivity contribution in [2.45, 2.75) is 64.5 Å². The van der Waals surface area contributed by atoms with Gasteiger partial charge in [0.1, 0.15) is 18.6 Å². The van der Waals surface area contributed by atoms with Crippen LogP contribution in [0.15, 0.2) is 30.3 Å². The highest BCUT2D eigenvalue weighted by atomic mass is 31.2. The summed E-state index contributed by atoms with van der Waals surface area (Å²) >= 11 is 0. The Morgan fingerprint density at radius 1 is 1.03 bits per heavy atom. The van der Waals surface area contributed by atoms with Crippen LogP contribution in [0, 0.1) is 0 Å². The number of Topliss-reactive ketones (excluding diaryl/α,β-unsaturated/α-hetero) is 1. The minimum atomic E-state index is -3.47. The molecule has 0 saturated carbocycles. The summed E-state index contributed by atoms with van der Waals surface area (Å²) in [5, 5.41) is -0.101. The quantitative estimate of drug-likeness (QED) is 0.249. The zero-order valence-corrected chi connectivity index (χ0v) is 21.0. The molecular formula is C21H35O7PSi. The average Bonchev–Trinajstić information content (AvgIpc) is 2.65. The van der Waals surface area contributed by atoms with E-state index in [2.05, 4.69) is 33.9 Å². The predicted octanol–water partition coefficient (Wildman–Crippen LogP) is 4.96. The minimum absolute atomic E-state index is 0.0602. The molecule has 7 nitrogen and oxygen atoms in total. The summed E-state index contributed by atoms with van der Waals surface area (Å²) in [6, 6.07) is 9.36. The van der Waals surface area contributed by atoms with Gasteiger partial charge in [-0.05, 0) is 23.7 Å². The minimum Gasteiger partial charge on any atom is -0.461 e. The molecule has 0 aliphatic carbocycles. The van der Waals surface area contributed by atoms with Gasteiger partial charge in [-0.1, -0.05) is 51.1 Å². The zero-order valence-electron chi connectivity index (χ0n) is 19.1. The van der Waals surface area contributed by atoms with Gasteiger partial charge in [0.05, 0.1) is 12.5 Å². The Balaban J connectivity index is 2.85. The molecule has 0 aromatic heterocycles. The van der Waals surface area contributed by atoms with E-state index < -0.39 is 28.0 Å². The number of ketones is 1. The number of benzene rings is 1. The molecule has 1 unspecified atom stereocenters. The van der Waals surface area contributed by atoms with E-state index in [4.69, 9.17) is 18.2 Å². The Bertz CT molecular complexity index is 735. The van der Waals surface area contributed by atoms with Crippen molar-refractivity contribution in [2.75, 3.05) is 20.4 Å². The van der Waals surface area contributed by atoms with E-state index in [9.17, 15) is 14.2 Å². The second-order valence-corrected chi connectivity index (χ2v) is 15.8. The van der Waals surface area contributed by atoms with Crippen LogP contribution in [-0.2, 0) is 39.0 Å². The number of rotatable bonds is 12. The second kappa shape index (κ2) is 11.3. The smallest absolute Gasteiger partial charge is 0.337 e. The molecule has 9 heteroatoms. The lowest BCUT2D eigenvalue weighted by Gasteiger charge is -2.39. The van der Waals surface area contributed by atoms with Gasteiger partial charge in [-0.15, -0.1) is 0 Å². The van der Waals surface area contributed by atoms with Gasteiger partial charge in [-0.25, -0.2) is 0 Å². The molecular weight excluding hydrogens is 423 g/mol. The summed E-state index contributed by atoms with van der Waals surface area (Å²) in [5.41, 5.74) is 0.880. The number of hydrogen-bond donors (Lipinski definition) is 0. The molecule has 1 aromatic carbocycles. The fourth-order valence-corrected chi connectivity index (χ4v) is 4.79. The van der Waals surface area contributed by atoms with Crippen molar-refractivity contribution in [2.24, 2.45) is 0 Å². The van der Waals surface area contributed by atoms with Gasteiger partial charge in [0.15, 0.2) is 8.32 Å². The number of carbonyl (C=O) groups excluding carboxylic acids is 2. The number of esters is 1. The highest BCUT2D eigenvalue weighted by molar-refractivity contribution is 7.54. The third kappa shape index (κ3) is 8.82. The van der Waals surface area contributed by atoms with Crippen LogP contribution < -0.4 is 0 Å². The average molecular weight is 459 g/mol. The molecule has 30 heavy (non-hydrogen) atoms. The van der Waals surface area contributed by atoms with E-state index in [0.29, 0.717) is 0 Å². The summed E-state index contributed by atoms with van der Waals surface area (Å²) in [7, 11) is -3.25. The predicted molar refractivity (Wildman–Crippen MR) is 119 cm³/mol. The van der Waals surface area contributed by atoms with E-state index in [-0.39, 0.29) is 36.4 Å². The van der Waals surface area contributed by atoms with Crippen molar-refractivity contribution in [3.05, 3.63) is 35.9 Å². The van der Waals surface area contributed by atoms with E-state index in [1.807, 2.05) is 30.3 Å². The van der Waals surface area contributed by atoms with Crippen molar-refractivity contribution in [3.8, 4) is 0 Å². The highest BCUT2D eigenvalue weighted by Gasteiger charge is 2.40. The molecule has 0 radical (unpaired) electrons. The Labute approximate surface area is 181 Å². The molecule has 0 saturated heterocycles. The maximum absolute atomic E-state index is 12.5. The molecule has 1 atom stereocenters. The normalized spacial score (nSPS) is 13.7. The van der Waals surface area contributed by atoms with E-state index >= 15 is 0 Å². The summed E-state index contributed by atoms with van der Waals surface area (Å²) in [6.07, 6.45) is -1.15. The lowest BCUT2D eigenvalue weighted by Crippen LogP contribution is -2.45. The maximum Gasteiger partial charge on any atom is 0.337 e. The molecule has 0 heterocycles. The Kier molecular flexibility index (Phi) is 10.1. The molecule has 0 bridgehead atoms. The first kappa shape index (κ1) is 26.7. The molecule has 0 aliphatic heterocycles. The number of carbonyl (C=O) groups is 2. The maximum atomic E-state index is 12.5. The standard InChI is InChI=1S/C21H35O7PSi/c1-21(2,3)30(6,7)28-19(13-18(22)16-29(24,25-4)26-5)14-20(23)27-15-17-11-9-8-10-12-17/h8-12,19H,13-16H2,1-7H3. The van der Waals surface area contributed by atoms with E-state index in [0.717, 1.165) is 5.56 Å². The lowest BCUT2D eigenvalue weighted by atomic mass is 10.1. The van der Waals surface area contributed by atoms with Crippen LogP contribution in [0.25, 0.3) is 0 Å². The summed E-state index contributed by atoms with van der Waals surface area (Å²) in [6.45, 7) is 10.5. The molecule has 1 aromatic rings.